The second-order valence-electron chi connectivity index (χ2n) is 6.44. The van der Waals surface area contributed by atoms with Crippen LogP contribution in [0.5, 0.6) is 0 Å². The largest absolute Gasteiger partial charge is 0.192 e. The van der Waals surface area contributed by atoms with Crippen LogP contribution < -0.4 is 0 Å². The summed E-state index contributed by atoms with van der Waals surface area (Å²) < 4.78 is 0. The Morgan fingerprint density at radius 2 is 1.92 bits per heavy atom. The monoisotopic (exact) mass is 313 g/mol. The van der Waals surface area contributed by atoms with Gasteiger partial charge in [0.25, 0.3) is 0 Å². The van der Waals surface area contributed by atoms with Crippen molar-refractivity contribution in [1.29, 1.82) is 5.26 Å². The Kier molecular flexibility index (Phi) is 5.29. The summed E-state index contributed by atoms with van der Waals surface area (Å²) in [5.41, 5.74) is 6.23. The number of allylic oxidation sites excluding steroid dienone is 3. The Morgan fingerprint density at radius 3 is 2.58 bits per heavy atom. The molecule has 0 saturated carbocycles. The summed E-state index contributed by atoms with van der Waals surface area (Å²) >= 11 is 0. The molecule has 0 N–H and O–H groups in total. The van der Waals surface area contributed by atoms with Gasteiger partial charge in [0.15, 0.2) is 0 Å². The Morgan fingerprint density at radius 1 is 1.12 bits per heavy atom. The molecular formula is C23H23N. The Balaban J connectivity index is 1.83. The van der Waals surface area contributed by atoms with Gasteiger partial charge in [0.1, 0.15) is 0 Å². The highest BCUT2D eigenvalue weighted by molar-refractivity contribution is 5.68. The Labute approximate surface area is 145 Å². The second kappa shape index (κ2) is 7.79. The van der Waals surface area contributed by atoms with Gasteiger partial charge in [-0.1, -0.05) is 54.1 Å². The average Bonchev–Trinajstić information content (AvgIpc) is 2.67. The maximum atomic E-state index is 8.98. The van der Waals surface area contributed by atoms with Gasteiger partial charge in [-0.15, -0.1) is 6.58 Å². The van der Waals surface area contributed by atoms with Crippen molar-refractivity contribution in [3.8, 4) is 17.2 Å². The first-order valence-electron chi connectivity index (χ1n) is 8.70. The molecule has 3 rings (SSSR count). The molecule has 1 unspecified atom stereocenters. The van der Waals surface area contributed by atoms with E-state index in [4.69, 9.17) is 5.26 Å². The predicted octanol–water partition coefficient (Wildman–Crippen LogP) is 6.39. The van der Waals surface area contributed by atoms with Crippen LogP contribution in [0, 0.1) is 11.3 Å². The fraction of sp³-hybridized carbons (Fsp3) is 0.261. The first-order valence-corrected chi connectivity index (χ1v) is 8.70. The van der Waals surface area contributed by atoms with E-state index in [-0.39, 0.29) is 0 Å². The topological polar surface area (TPSA) is 23.8 Å². The SMILES string of the molecule is C=CCCC1=CCC(c2ccccc2-c2ccc(C#N)cc2)CC1. The molecule has 0 saturated heterocycles. The van der Waals surface area contributed by atoms with E-state index in [9.17, 15) is 0 Å². The van der Waals surface area contributed by atoms with E-state index in [0.717, 1.165) is 19.3 Å². The number of nitrogens with zero attached hydrogens (tertiary/aromatic N) is 1. The summed E-state index contributed by atoms with van der Waals surface area (Å²) in [6.45, 7) is 3.82. The molecule has 1 aliphatic carbocycles. The normalized spacial score (nSPS) is 17.0. The summed E-state index contributed by atoms with van der Waals surface area (Å²) in [6.07, 6.45) is 10.2. The molecule has 2 aromatic rings. The van der Waals surface area contributed by atoms with E-state index < -0.39 is 0 Å². The summed E-state index contributed by atoms with van der Waals surface area (Å²) in [5.74, 6) is 0.587. The lowest BCUT2D eigenvalue weighted by atomic mass is 9.80. The van der Waals surface area contributed by atoms with Gasteiger partial charge in [-0.3, -0.25) is 0 Å². The maximum absolute atomic E-state index is 8.98. The van der Waals surface area contributed by atoms with Gasteiger partial charge in [0.2, 0.25) is 0 Å². The standard InChI is InChI=1S/C23H23N/c1-2-3-6-18-9-13-20(14-10-18)22-7-4-5-8-23(22)21-15-11-19(17-24)12-16-21/h2,4-5,7-9,11-12,15-16,20H,1,3,6,10,13-14H2. The second-order valence-corrected chi connectivity index (χ2v) is 6.44. The van der Waals surface area contributed by atoms with Crippen LogP contribution in [0.3, 0.4) is 0 Å². The van der Waals surface area contributed by atoms with Gasteiger partial charge in [-0.25, -0.2) is 0 Å². The molecule has 0 amide bonds. The molecule has 0 aliphatic heterocycles. The number of hydrogen-bond donors (Lipinski definition) is 0. The molecular weight excluding hydrogens is 290 g/mol. The van der Waals surface area contributed by atoms with Gasteiger partial charge in [-0.05, 0) is 66.8 Å². The number of benzene rings is 2. The first kappa shape index (κ1) is 16.3. The van der Waals surface area contributed by atoms with Crippen LogP contribution in [-0.2, 0) is 0 Å². The van der Waals surface area contributed by atoms with E-state index in [2.05, 4.69) is 55.1 Å². The first-order chi connectivity index (χ1) is 11.8. The molecule has 2 aromatic carbocycles. The quantitative estimate of drug-likeness (QED) is 0.587. The number of nitriles is 1. The fourth-order valence-electron chi connectivity index (χ4n) is 3.53. The number of rotatable bonds is 5. The van der Waals surface area contributed by atoms with E-state index >= 15 is 0 Å². The van der Waals surface area contributed by atoms with E-state index in [1.807, 2.05) is 18.2 Å². The third-order valence-corrected chi connectivity index (χ3v) is 4.90. The summed E-state index contributed by atoms with van der Waals surface area (Å²) in [7, 11) is 0. The van der Waals surface area contributed by atoms with Gasteiger partial charge < -0.3 is 0 Å². The van der Waals surface area contributed by atoms with Gasteiger partial charge in [-0.2, -0.15) is 5.26 Å². The predicted molar refractivity (Wildman–Crippen MR) is 101 cm³/mol. The third-order valence-electron chi connectivity index (χ3n) is 4.90. The van der Waals surface area contributed by atoms with Crippen molar-refractivity contribution in [3.05, 3.63) is 84.0 Å². The lowest BCUT2D eigenvalue weighted by Crippen LogP contribution is -2.06. The molecule has 0 spiro atoms. The van der Waals surface area contributed by atoms with Crippen LogP contribution in [0.1, 0.15) is 49.1 Å². The Bertz CT molecular complexity index is 774. The molecule has 24 heavy (non-hydrogen) atoms. The van der Waals surface area contributed by atoms with Crippen LogP contribution >= 0.6 is 0 Å². The molecule has 1 nitrogen and oxygen atoms in total. The van der Waals surface area contributed by atoms with Crippen LogP contribution in [0.4, 0.5) is 0 Å². The van der Waals surface area contributed by atoms with Crippen molar-refractivity contribution in [1.82, 2.24) is 0 Å². The molecule has 120 valence electrons. The van der Waals surface area contributed by atoms with Crippen molar-refractivity contribution in [3.63, 3.8) is 0 Å². The fourth-order valence-corrected chi connectivity index (χ4v) is 3.53. The molecule has 1 aliphatic rings. The van der Waals surface area contributed by atoms with Gasteiger partial charge in [0, 0.05) is 0 Å². The zero-order valence-corrected chi connectivity index (χ0v) is 14.0. The van der Waals surface area contributed by atoms with Crippen molar-refractivity contribution in [2.45, 2.75) is 38.0 Å². The highest BCUT2D eigenvalue weighted by Gasteiger charge is 2.19. The molecule has 0 fully saturated rings. The molecule has 1 heteroatoms. The van der Waals surface area contributed by atoms with Crippen molar-refractivity contribution in [2.24, 2.45) is 0 Å². The number of hydrogen-bond acceptors (Lipinski definition) is 1. The molecule has 0 bridgehead atoms. The minimum Gasteiger partial charge on any atom is -0.192 e. The zero-order valence-electron chi connectivity index (χ0n) is 14.0. The van der Waals surface area contributed by atoms with Crippen LogP contribution in [0.2, 0.25) is 0 Å². The van der Waals surface area contributed by atoms with Crippen LogP contribution in [0.25, 0.3) is 11.1 Å². The summed E-state index contributed by atoms with van der Waals surface area (Å²) in [5, 5.41) is 8.98. The highest BCUT2D eigenvalue weighted by atomic mass is 14.2. The maximum Gasteiger partial charge on any atom is 0.0991 e. The third kappa shape index (κ3) is 3.66. The summed E-state index contributed by atoms with van der Waals surface area (Å²) in [6, 6.07) is 18.8. The lowest BCUT2D eigenvalue weighted by molar-refractivity contribution is 0.587. The van der Waals surface area contributed by atoms with Crippen molar-refractivity contribution in [2.75, 3.05) is 0 Å². The van der Waals surface area contributed by atoms with Crippen LogP contribution in [-0.4, -0.2) is 0 Å². The van der Waals surface area contributed by atoms with E-state index in [1.165, 1.54) is 29.5 Å². The molecule has 0 heterocycles. The smallest absolute Gasteiger partial charge is 0.0991 e. The van der Waals surface area contributed by atoms with Crippen molar-refractivity contribution < 1.29 is 0 Å². The zero-order chi connectivity index (χ0) is 16.8. The summed E-state index contributed by atoms with van der Waals surface area (Å²) in [4.78, 5) is 0. The average molecular weight is 313 g/mol. The molecule has 0 radical (unpaired) electrons. The van der Waals surface area contributed by atoms with Gasteiger partial charge >= 0.3 is 0 Å². The molecule has 1 atom stereocenters. The Hall–Kier alpha value is -2.59. The minimum absolute atomic E-state index is 0.587. The van der Waals surface area contributed by atoms with Crippen molar-refractivity contribution >= 4 is 0 Å². The minimum atomic E-state index is 0.587. The van der Waals surface area contributed by atoms with E-state index in [1.54, 1.807) is 5.57 Å². The lowest BCUT2D eigenvalue weighted by Gasteiger charge is -2.24. The highest BCUT2D eigenvalue weighted by Crippen LogP contribution is 2.38. The van der Waals surface area contributed by atoms with E-state index in [0.29, 0.717) is 11.5 Å². The van der Waals surface area contributed by atoms with Crippen LogP contribution in [0.15, 0.2) is 72.8 Å². The molecule has 0 aromatic heterocycles. The van der Waals surface area contributed by atoms with Gasteiger partial charge in [0.05, 0.1) is 11.6 Å².